The Morgan fingerprint density at radius 2 is 1.75 bits per heavy atom. The highest BCUT2D eigenvalue weighted by Gasteiger charge is 2.39. The first-order valence-electron chi connectivity index (χ1n) is 12.7. The van der Waals surface area contributed by atoms with Crippen molar-refractivity contribution in [3.8, 4) is 0 Å². The number of nitrogens with one attached hydrogen (secondary N) is 1. The monoisotopic (exact) mass is 574 g/mol. The van der Waals surface area contributed by atoms with Gasteiger partial charge in [-0.2, -0.15) is 26.3 Å². The number of piperazine rings is 1. The fourth-order valence-corrected chi connectivity index (χ4v) is 4.91. The Morgan fingerprint density at radius 1 is 1.02 bits per heavy atom. The molecule has 0 spiro atoms. The van der Waals surface area contributed by atoms with Gasteiger partial charge in [0.15, 0.2) is 0 Å². The Bertz CT molecular complexity index is 1200. The van der Waals surface area contributed by atoms with Gasteiger partial charge in [0, 0.05) is 69.7 Å². The standard InChI is InChI=1S/C25H28F6N6O3/c26-24(27,28)17-3-6-22(32-15-17)35-12-10-34(11-13-35)8-1-2-23(38)36-9-7-19(16-36)33-18-4-5-21(37(39)40)20(14-18)25(29,30)31/h3-6,14-15,19,33H,1-2,7-13,16H2/t19-/m1/s1. The number of rotatable bonds is 8. The van der Waals surface area contributed by atoms with E-state index < -0.39 is 34.1 Å². The first kappa shape index (κ1) is 29.4. The van der Waals surface area contributed by atoms with E-state index in [1.165, 1.54) is 12.1 Å². The summed E-state index contributed by atoms with van der Waals surface area (Å²) in [6.45, 7) is 4.02. The van der Waals surface area contributed by atoms with Crippen LogP contribution in [0, 0.1) is 10.1 Å². The molecule has 1 N–H and O–H groups in total. The molecule has 0 radical (unpaired) electrons. The summed E-state index contributed by atoms with van der Waals surface area (Å²) in [6, 6.07) is 4.87. The van der Waals surface area contributed by atoms with Crippen molar-refractivity contribution in [2.45, 2.75) is 37.7 Å². The van der Waals surface area contributed by atoms with Crippen LogP contribution in [-0.4, -0.2) is 77.5 Å². The van der Waals surface area contributed by atoms with Crippen LogP contribution >= 0.6 is 0 Å². The Labute approximate surface area is 225 Å². The third-order valence-corrected chi connectivity index (χ3v) is 7.05. The molecular weight excluding hydrogens is 546 g/mol. The number of alkyl halides is 6. The highest BCUT2D eigenvalue weighted by atomic mass is 19.4. The van der Waals surface area contributed by atoms with Crippen LogP contribution in [0.2, 0.25) is 0 Å². The van der Waals surface area contributed by atoms with Gasteiger partial charge >= 0.3 is 12.4 Å². The van der Waals surface area contributed by atoms with Crippen molar-refractivity contribution in [1.29, 1.82) is 0 Å². The molecule has 9 nitrogen and oxygen atoms in total. The number of benzene rings is 1. The number of aromatic nitrogens is 1. The van der Waals surface area contributed by atoms with Crippen LogP contribution in [0.15, 0.2) is 36.5 Å². The molecule has 2 saturated heterocycles. The Kier molecular flexibility index (Phi) is 8.71. The van der Waals surface area contributed by atoms with Gasteiger partial charge in [0.2, 0.25) is 5.91 Å². The van der Waals surface area contributed by atoms with E-state index in [4.69, 9.17) is 0 Å². The SMILES string of the molecule is O=C(CCCN1CCN(c2ccc(C(F)(F)F)cn2)CC1)N1CC[C@@H](Nc2ccc([N+](=O)[O-])c(C(F)(F)F)c2)C1. The zero-order chi connectivity index (χ0) is 29.1. The number of likely N-dealkylation sites (tertiary alicyclic amines) is 1. The third kappa shape index (κ3) is 7.31. The minimum Gasteiger partial charge on any atom is -0.380 e. The number of hydrogen-bond donors (Lipinski definition) is 1. The lowest BCUT2D eigenvalue weighted by Gasteiger charge is -2.35. The zero-order valence-electron chi connectivity index (χ0n) is 21.3. The molecule has 2 aliphatic rings. The van der Waals surface area contributed by atoms with Crippen LogP contribution in [-0.2, 0) is 17.1 Å². The Morgan fingerprint density at radius 3 is 2.35 bits per heavy atom. The van der Waals surface area contributed by atoms with Crippen molar-refractivity contribution in [1.82, 2.24) is 14.8 Å². The molecule has 0 bridgehead atoms. The average molecular weight is 575 g/mol. The van der Waals surface area contributed by atoms with Crippen LogP contribution in [0.25, 0.3) is 0 Å². The van der Waals surface area contributed by atoms with E-state index in [0.717, 1.165) is 24.4 Å². The lowest BCUT2D eigenvalue weighted by atomic mass is 10.1. The van der Waals surface area contributed by atoms with Crippen molar-refractivity contribution in [2.24, 2.45) is 0 Å². The number of hydrogen-bond acceptors (Lipinski definition) is 7. The predicted molar refractivity (Wildman–Crippen MR) is 134 cm³/mol. The van der Waals surface area contributed by atoms with Crippen molar-refractivity contribution in [3.05, 3.63) is 57.8 Å². The van der Waals surface area contributed by atoms with Crippen LogP contribution in [0.5, 0.6) is 0 Å². The quantitative estimate of drug-likeness (QED) is 0.279. The normalized spacial score (nSPS) is 18.7. The highest BCUT2D eigenvalue weighted by molar-refractivity contribution is 5.76. The van der Waals surface area contributed by atoms with Gasteiger partial charge in [0.25, 0.3) is 5.69 Å². The average Bonchev–Trinajstić information content (AvgIpc) is 3.36. The number of anilines is 2. The minimum atomic E-state index is -4.87. The smallest absolute Gasteiger partial charge is 0.380 e. The second-order valence-electron chi connectivity index (χ2n) is 9.79. The lowest BCUT2D eigenvalue weighted by Crippen LogP contribution is -2.47. The molecule has 4 rings (SSSR count). The number of halogens is 6. The molecule has 2 aromatic rings. The second kappa shape index (κ2) is 11.9. The number of nitro groups is 1. The third-order valence-electron chi connectivity index (χ3n) is 7.05. The fraction of sp³-hybridized carbons (Fsp3) is 0.520. The van der Waals surface area contributed by atoms with E-state index in [1.54, 1.807) is 4.90 Å². The summed E-state index contributed by atoms with van der Waals surface area (Å²) < 4.78 is 77.9. The molecule has 2 aliphatic heterocycles. The van der Waals surface area contributed by atoms with Gasteiger partial charge in [0.1, 0.15) is 11.4 Å². The number of amides is 1. The van der Waals surface area contributed by atoms with E-state index in [0.29, 0.717) is 70.9 Å². The van der Waals surface area contributed by atoms with Crippen molar-refractivity contribution in [2.75, 3.05) is 56.0 Å². The molecule has 0 aliphatic carbocycles. The summed E-state index contributed by atoms with van der Waals surface area (Å²) in [5, 5.41) is 13.9. The maximum Gasteiger partial charge on any atom is 0.423 e. The number of nitrogens with zero attached hydrogens (tertiary/aromatic N) is 5. The molecule has 0 unspecified atom stereocenters. The first-order chi connectivity index (χ1) is 18.8. The molecule has 40 heavy (non-hydrogen) atoms. The number of pyridine rings is 1. The predicted octanol–water partition coefficient (Wildman–Crippen LogP) is 4.64. The van der Waals surface area contributed by atoms with Crippen LogP contribution < -0.4 is 10.2 Å². The van der Waals surface area contributed by atoms with Crippen LogP contribution in [0.3, 0.4) is 0 Å². The van der Waals surface area contributed by atoms with E-state index >= 15 is 0 Å². The summed E-state index contributed by atoms with van der Waals surface area (Å²) in [4.78, 5) is 32.2. The molecule has 1 atom stereocenters. The van der Waals surface area contributed by atoms with E-state index in [1.807, 2.05) is 4.90 Å². The summed E-state index contributed by atoms with van der Waals surface area (Å²) in [6.07, 6.45) is -7.01. The van der Waals surface area contributed by atoms with Crippen molar-refractivity contribution >= 4 is 23.1 Å². The molecule has 15 heteroatoms. The molecule has 2 fully saturated rings. The molecule has 3 heterocycles. The van der Waals surface area contributed by atoms with Crippen LogP contribution in [0.4, 0.5) is 43.5 Å². The van der Waals surface area contributed by atoms with Gasteiger partial charge in [-0.25, -0.2) is 4.98 Å². The van der Waals surface area contributed by atoms with E-state index in [2.05, 4.69) is 15.2 Å². The van der Waals surface area contributed by atoms with Crippen molar-refractivity contribution < 1.29 is 36.1 Å². The zero-order valence-corrected chi connectivity index (χ0v) is 21.3. The van der Waals surface area contributed by atoms with Gasteiger partial charge in [-0.3, -0.25) is 19.8 Å². The van der Waals surface area contributed by atoms with Gasteiger partial charge in [-0.1, -0.05) is 0 Å². The first-order valence-corrected chi connectivity index (χ1v) is 12.7. The molecule has 218 valence electrons. The maximum absolute atomic E-state index is 13.2. The Hall–Kier alpha value is -3.62. The van der Waals surface area contributed by atoms with Gasteiger partial charge in [-0.15, -0.1) is 0 Å². The second-order valence-corrected chi connectivity index (χ2v) is 9.79. The summed E-state index contributed by atoms with van der Waals surface area (Å²) >= 11 is 0. The largest absolute Gasteiger partial charge is 0.423 e. The topological polar surface area (TPSA) is 94.9 Å². The summed E-state index contributed by atoms with van der Waals surface area (Å²) in [5.41, 5.74) is -3.03. The maximum atomic E-state index is 13.2. The number of carbonyl (C=O) groups excluding carboxylic acids is 1. The van der Waals surface area contributed by atoms with E-state index in [-0.39, 0.29) is 17.6 Å². The van der Waals surface area contributed by atoms with Gasteiger partial charge in [0.05, 0.1) is 10.5 Å². The minimum absolute atomic E-state index is 0.0587. The molecule has 0 saturated carbocycles. The number of carbonyl (C=O) groups is 1. The number of nitro benzene ring substituents is 1. The van der Waals surface area contributed by atoms with Crippen molar-refractivity contribution in [3.63, 3.8) is 0 Å². The van der Waals surface area contributed by atoms with Gasteiger partial charge < -0.3 is 15.1 Å². The van der Waals surface area contributed by atoms with Crippen LogP contribution in [0.1, 0.15) is 30.4 Å². The molecule has 1 amide bonds. The molecule has 1 aromatic carbocycles. The van der Waals surface area contributed by atoms with Gasteiger partial charge in [-0.05, 0) is 43.7 Å². The Balaban J connectivity index is 1.19. The fourth-order valence-electron chi connectivity index (χ4n) is 4.91. The molecule has 1 aromatic heterocycles. The summed E-state index contributed by atoms with van der Waals surface area (Å²) in [7, 11) is 0. The molecular formula is C25H28F6N6O3. The highest BCUT2D eigenvalue weighted by Crippen LogP contribution is 2.38. The lowest BCUT2D eigenvalue weighted by molar-refractivity contribution is -0.388. The van der Waals surface area contributed by atoms with E-state index in [9.17, 15) is 41.3 Å². The summed E-state index contributed by atoms with van der Waals surface area (Å²) in [5.74, 6) is 0.431.